The number of hydrogen-bond donors (Lipinski definition) is 1. The standard InChI is InChI=1S/C16H22FNO2/c1-16(6-4-3-5-7-16)12-10-13(17)14(18)8-11(12)9-15(19)20-2/h8,10H,3-7,9,18H2,1-2H3. The van der Waals surface area contributed by atoms with Crippen LogP contribution in [0.3, 0.4) is 0 Å². The molecule has 0 saturated heterocycles. The van der Waals surface area contributed by atoms with E-state index in [1.165, 1.54) is 19.6 Å². The van der Waals surface area contributed by atoms with E-state index in [0.29, 0.717) is 0 Å². The predicted octanol–water partition coefficient (Wildman–Crippen LogP) is 3.35. The second-order valence-electron chi connectivity index (χ2n) is 5.91. The van der Waals surface area contributed by atoms with Gasteiger partial charge in [-0.1, -0.05) is 26.2 Å². The Balaban J connectivity index is 2.43. The number of benzene rings is 1. The molecule has 0 radical (unpaired) electrons. The van der Waals surface area contributed by atoms with Crippen molar-refractivity contribution in [1.29, 1.82) is 0 Å². The average Bonchev–Trinajstić information content (AvgIpc) is 2.43. The van der Waals surface area contributed by atoms with Crippen LogP contribution in [0.2, 0.25) is 0 Å². The third kappa shape index (κ3) is 2.94. The average molecular weight is 279 g/mol. The number of ether oxygens (including phenoxy) is 1. The number of hydrogen-bond acceptors (Lipinski definition) is 3. The van der Waals surface area contributed by atoms with Gasteiger partial charge in [-0.15, -0.1) is 0 Å². The SMILES string of the molecule is COC(=O)Cc1cc(N)c(F)cc1C1(C)CCCCC1. The highest BCUT2D eigenvalue weighted by atomic mass is 19.1. The zero-order valence-electron chi connectivity index (χ0n) is 12.2. The smallest absolute Gasteiger partial charge is 0.309 e. The highest BCUT2D eigenvalue weighted by molar-refractivity contribution is 5.73. The summed E-state index contributed by atoms with van der Waals surface area (Å²) in [6.45, 7) is 2.15. The topological polar surface area (TPSA) is 52.3 Å². The van der Waals surface area contributed by atoms with Gasteiger partial charge in [0.25, 0.3) is 0 Å². The van der Waals surface area contributed by atoms with Crippen LogP contribution in [0.5, 0.6) is 0 Å². The van der Waals surface area contributed by atoms with Crippen LogP contribution in [-0.4, -0.2) is 13.1 Å². The van der Waals surface area contributed by atoms with Crippen molar-refractivity contribution < 1.29 is 13.9 Å². The molecule has 0 aliphatic heterocycles. The highest BCUT2D eigenvalue weighted by Crippen LogP contribution is 2.41. The van der Waals surface area contributed by atoms with Gasteiger partial charge in [-0.05, 0) is 41.5 Å². The van der Waals surface area contributed by atoms with Crippen molar-refractivity contribution in [2.45, 2.75) is 50.9 Å². The van der Waals surface area contributed by atoms with Gasteiger partial charge in [0.15, 0.2) is 0 Å². The first-order valence-electron chi connectivity index (χ1n) is 7.11. The first kappa shape index (κ1) is 14.8. The summed E-state index contributed by atoms with van der Waals surface area (Å²) in [4.78, 5) is 11.6. The van der Waals surface area contributed by atoms with E-state index in [2.05, 4.69) is 6.92 Å². The largest absolute Gasteiger partial charge is 0.469 e. The summed E-state index contributed by atoms with van der Waals surface area (Å²) in [6.07, 6.45) is 5.68. The molecule has 1 aliphatic carbocycles. The van der Waals surface area contributed by atoms with Crippen LogP contribution < -0.4 is 5.73 Å². The van der Waals surface area contributed by atoms with Crippen molar-refractivity contribution in [3.8, 4) is 0 Å². The van der Waals surface area contributed by atoms with E-state index in [9.17, 15) is 9.18 Å². The molecule has 0 atom stereocenters. The Labute approximate surface area is 119 Å². The van der Waals surface area contributed by atoms with Crippen molar-refractivity contribution in [2.75, 3.05) is 12.8 Å². The van der Waals surface area contributed by atoms with E-state index >= 15 is 0 Å². The fourth-order valence-electron chi connectivity index (χ4n) is 3.17. The summed E-state index contributed by atoms with van der Waals surface area (Å²) in [6, 6.07) is 3.10. The molecule has 0 spiro atoms. The van der Waals surface area contributed by atoms with Gasteiger partial charge in [-0.3, -0.25) is 4.79 Å². The Morgan fingerprint density at radius 3 is 2.60 bits per heavy atom. The van der Waals surface area contributed by atoms with Crippen LogP contribution in [0.1, 0.15) is 50.2 Å². The molecule has 0 aromatic heterocycles. The highest BCUT2D eigenvalue weighted by Gasteiger charge is 2.32. The van der Waals surface area contributed by atoms with Crippen LogP contribution >= 0.6 is 0 Å². The Hall–Kier alpha value is -1.58. The molecule has 110 valence electrons. The minimum atomic E-state index is -0.402. The normalized spacial score (nSPS) is 17.8. The number of halogens is 1. The van der Waals surface area contributed by atoms with Gasteiger partial charge in [0, 0.05) is 0 Å². The Morgan fingerprint density at radius 2 is 2.00 bits per heavy atom. The lowest BCUT2D eigenvalue weighted by Gasteiger charge is -2.36. The van der Waals surface area contributed by atoms with Gasteiger partial charge in [-0.25, -0.2) is 4.39 Å². The van der Waals surface area contributed by atoms with Crippen molar-refractivity contribution in [3.63, 3.8) is 0 Å². The first-order chi connectivity index (χ1) is 9.46. The number of carbonyl (C=O) groups is 1. The molecule has 2 rings (SSSR count). The fourth-order valence-corrected chi connectivity index (χ4v) is 3.17. The molecule has 4 heteroatoms. The van der Waals surface area contributed by atoms with E-state index in [1.807, 2.05) is 0 Å². The van der Waals surface area contributed by atoms with E-state index in [-0.39, 0.29) is 23.5 Å². The molecule has 1 aromatic rings. The van der Waals surface area contributed by atoms with Crippen molar-refractivity contribution >= 4 is 11.7 Å². The first-order valence-corrected chi connectivity index (χ1v) is 7.11. The second-order valence-corrected chi connectivity index (χ2v) is 5.91. The van der Waals surface area contributed by atoms with Crippen LogP contribution in [0.4, 0.5) is 10.1 Å². The molecular weight excluding hydrogens is 257 g/mol. The van der Waals surface area contributed by atoms with Crippen LogP contribution in [0, 0.1) is 5.82 Å². The zero-order chi connectivity index (χ0) is 14.8. The predicted molar refractivity (Wildman–Crippen MR) is 77.0 cm³/mol. The van der Waals surface area contributed by atoms with Gasteiger partial charge in [-0.2, -0.15) is 0 Å². The van der Waals surface area contributed by atoms with Crippen molar-refractivity contribution in [1.82, 2.24) is 0 Å². The lowest BCUT2D eigenvalue weighted by Crippen LogP contribution is -2.27. The molecule has 0 heterocycles. The molecule has 0 amide bonds. The molecule has 0 unspecified atom stereocenters. The molecule has 20 heavy (non-hydrogen) atoms. The maximum atomic E-state index is 13.9. The number of anilines is 1. The van der Waals surface area contributed by atoms with Crippen molar-refractivity contribution in [2.24, 2.45) is 0 Å². The number of nitrogen functional groups attached to an aromatic ring is 1. The van der Waals surface area contributed by atoms with Crippen molar-refractivity contribution in [3.05, 3.63) is 29.1 Å². The Morgan fingerprint density at radius 1 is 1.35 bits per heavy atom. The second kappa shape index (κ2) is 5.81. The summed E-state index contributed by atoms with van der Waals surface area (Å²) < 4.78 is 18.6. The molecule has 1 saturated carbocycles. The van der Waals surface area contributed by atoms with Crippen LogP contribution in [0.25, 0.3) is 0 Å². The number of esters is 1. The lowest BCUT2D eigenvalue weighted by atomic mass is 9.69. The van der Waals surface area contributed by atoms with Gasteiger partial charge in [0.1, 0.15) is 5.82 Å². The van der Waals surface area contributed by atoms with E-state index in [1.54, 1.807) is 6.07 Å². The maximum Gasteiger partial charge on any atom is 0.309 e. The van der Waals surface area contributed by atoms with Crippen LogP contribution in [0.15, 0.2) is 12.1 Å². The third-order valence-electron chi connectivity index (χ3n) is 4.39. The number of methoxy groups -OCH3 is 1. The molecule has 1 aromatic carbocycles. The van der Waals surface area contributed by atoms with Gasteiger partial charge < -0.3 is 10.5 Å². The Kier molecular flexibility index (Phi) is 4.31. The maximum absolute atomic E-state index is 13.9. The molecule has 1 aliphatic rings. The molecule has 0 bridgehead atoms. The number of nitrogens with two attached hydrogens (primary N) is 1. The third-order valence-corrected chi connectivity index (χ3v) is 4.39. The number of rotatable bonds is 3. The summed E-state index contributed by atoms with van der Waals surface area (Å²) in [7, 11) is 1.36. The van der Waals surface area contributed by atoms with Gasteiger partial charge >= 0.3 is 5.97 Å². The summed E-state index contributed by atoms with van der Waals surface area (Å²) in [5.41, 5.74) is 7.37. The Bertz CT molecular complexity index is 507. The number of carbonyl (C=O) groups excluding carboxylic acids is 1. The summed E-state index contributed by atoms with van der Waals surface area (Å²) in [5, 5.41) is 0. The van der Waals surface area contributed by atoms with Gasteiger partial charge in [0.2, 0.25) is 0 Å². The van der Waals surface area contributed by atoms with Gasteiger partial charge in [0.05, 0.1) is 19.2 Å². The summed E-state index contributed by atoms with van der Waals surface area (Å²) >= 11 is 0. The zero-order valence-corrected chi connectivity index (χ0v) is 12.2. The minimum Gasteiger partial charge on any atom is -0.469 e. The molecule has 3 nitrogen and oxygen atoms in total. The monoisotopic (exact) mass is 279 g/mol. The molecule has 1 fully saturated rings. The quantitative estimate of drug-likeness (QED) is 0.682. The van der Waals surface area contributed by atoms with E-state index in [0.717, 1.165) is 36.8 Å². The fraction of sp³-hybridized carbons (Fsp3) is 0.562. The molecular formula is C16H22FNO2. The van der Waals surface area contributed by atoms with E-state index in [4.69, 9.17) is 10.5 Å². The minimum absolute atomic E-state index is 0.0733. The van der Waals surface area contributed by atoms with E-state index < -0.39 is 5.82 Å². The molecule has 2 N–H and O–H groups in total. The van der Waals surface area contributed by atoms with Crippen LogP contribution in [-0.2, 0) is 21.4 Å². The lowest BCUT2D eigenvalue weighted by molar-refractivity contribution is -0.139. The summed E-state index contributed by atoms with van der Waals surface area (Å²) in [5.74, 6) is -0.725.